The van der Waals surface area contributed by atoms with E-state index >= 15 is 0 Å². The van der Waals surface area contributed by atoms with E-state index in [1.807, 2.05) is 0 Å². The van der Waals surface area contributed by atoms with Crippen molar-refractivity contribution in [2.75, 3.05) is 0 Å². The topological polar surface area (TPSA) is 35.2 Å². The molecule has 0 unspecified atom stereocenters. The van der Waals surface area contributed by atoms with Crippen molar-refractivity contribution in [3.63, 3.8) is 0 Å². The van der Waals surface area contributed by atoms with Gasteiger partial charge in [-0.25, -0.2) is 8.78 Å². The summed E-state index contributed by atoms with van der Waals surface area (Å²) in [6.45, 7) is 1.94. The number of ether oxygens (including phenoxy) is 1. The third-order valence-corrected chi connectivity index (χ3v) is 3.47. The summed E-state index contributed by atoms with van der Waals surface area (Å²) in [6.07, 6.45) is 0. The van der Waals surface area contributed by atoms with E-state index in [0.29, 0.717) is 10.0 Å². The fourth-order valence-electron chi connectivity index (χ4n) is 1.71. The van der Waals surface area contributed by atoms with Gasteiger partial charge in [0.2, 0.25) is 0 Å². The zero-order chi connectivity index (χ0) is 14.7. The number of hydrogen-bond acceptors (Lipinski definition) is 2. The second-order valence-corrected chi connectivity index (χ2v) is 5.37. The van der Waals surface area contributed by atoms with Crippen molar-refractivity contribution in [3.8, 4) is 5.75 Å². The van der Waals surface area contributed by atoms with Gasteiger partial charge in [0.1, 0.15) is 12.4 Å². The van der Waals surface area contributed by atoms with Crippen LogP contribution >= 0.6 is 15.9 Å². The van der Waals surface area contributed by atoms with E-state index in [1.54, 1.807) is 31.2 Å². The average Bonchev–Trinajstić information content (AvgIpc) is 2.41. The highest BCUT2D eigenvalue weighted by atomic mass is 79.9. The number of rotatable bonds is 4. The Morgan fingerprint density at radius 3 is 2.50 bits per heavy atom. The van der Waals surface area contributed by atoms with Crippen LogP contribution in [0.2, 0.25) is 0 Å². The zero-order valence-electron chi connectivity index (χ0n) is 10.9. The van der Waals surface area contributed by atoms with Gasteiger partial charge in [0.25, 0.3) is 0 Å². The van der Waals surface area contributed by atoms with E-state index in [1.165, 1.54) is 12.1 Å². The minimum Gasteiger partial charge on any atom is -0.486 e. The molecular formula is C15H14BrF2NO. The second-order valence-electron chi connectivity index (χ2n) is 4.52. The highest BCUT2D eigenvalue weighted by Gasteiger charge is 2.08. The molecule has 106 valence electrons. The Labute approximate surface area is 124 Å². The van der Waals surface area contributed by atoms with Crippen LogP contribution in [0.4, 0.5) is 8.78 Å². The molecule has 2 rings (SSSR count). The lowest BCUT2D eigenvalue weighted by atomic mass is 10.1. The zero-order valence-corrected chi connectivity index (χ0v) is 12.5. The Morgan fingerprint density at radius 1 is 1.15 bits per heavy atom. The van der Waals surface area contributed by atoms with Gasteiger partial charge in [-0.1, -0.05) is 12.1 Å². The highest BCUT2D eigenvalue weighted by Crippen LogP contribution is 2.23. The number of benzene rings is 2. The Kier molecular flexibility index (Phi) is 4.73. The number of hydrogen-bond donors (Lipinski definition) is 1. The van der Waals surface area contributed by atoms with Gasteiger partial charge in [0.05, 0.1) is 4.47 Å². The van der Waals surface area contributed by atoms with Crippen LogP contribution in [0.1, 0.15) is 24.1 Å². The van der Waals surface area contributed by atoms with Crippen molar-refractivity contribution in [1.82, 2.24) is 0 Å². The largest absolute Gasteiger partial charge is 0.486 e. The van der Waals surface area contributed by atoms with Crippen LogP contribution in [0, 0.1) is 11.6 Å². The van der Waals surface area contributed by atoms with Gasteiger partial charge in [-0.05, 0) is 58.2 Å². The molecule has 0 amide bonds. The lowest BCUT2D eigenvalue weighted by Gasteiger charge is -2.10. The van der Waals surface area contributed by atoms with Crippen molar-refractivity contribution in [3.05, 3.63) is 63.6 Å². The molecule has 2 aromatic rings. The smallest absolute Gasteiger partial charge is 0.165 e. The molecule has 20 heavy (non-hydrogen) atoms. The maximum atomic E-state index is 13.8. The van der Waals surface area contributed by atoms with Crippen molar-refractivity contribution in [2.24, 2.45) is 5.73 Å². The first kappa shape index (κ1) is 14.9. The van der Waals surface area contributed by atoms with Gasteiger partial charge in [0, 0.05) is 6.04 Å². The lowest BCUT2D eigenvalue weighted by Crippen LogP contribution is -2.06. The van der Waals surface area contributed by atoms with E-state index in [0.717, 1.165) is 5.56 Å². The van der Waals surface area contributed by atoms with Crippen LogP contribution in [-0.4, -0.2) is 0 Å². The molecular weight excluding hydrogens is 328 g/mol. The van der Waals surface area contributed by atoms with E-state index < -0.39 is 5.82 Å². The van der Waals surface area contributed by atoms with Crippen molar-refractivity contribution >= 4 is 15.9 Å². The third-order valence-electron chi connectivity index (χ3n) is 2.86. The molecule has 0 radical (unpaired) electrons. The van der Waals surface area contributed by atoms with Crippen LogP contribution in [-0.2, 0) is 6.61 Å². The Bertz CT molecular complexity index is 617. The molecule has 5 heteroatoms. The monoisotopic (exact) mass is 341 g/mol. The summed E-state index contributed by atoms with van der Waals surface area (Å²) in [5, 5.41) is 0. The molecule has 0 aliphatic heterocycles. The molecule has 0 heterocycles. The molecule has 2 aromatic carbocycles. The Balaban J connectivity index is 2.09. The first-order chi connectivity index (χ1) is 9.47. The molecule has 0 fully saturated rings. The van der Waals surface area contributed by atoms with E-state index in [-0.39, 0.29) is 24.2 Å². The summed E-state index contributed by atoms with van der Waals surface area (Å²) in [4.78, 5) is 0. The molecule has 1 atom stereocenters. The molecule has 0 saturated carbocycles. The summed E-state index contributed by atoms with van der Waals surface area (Å²) >= 11 is 3.09. The SMILES string of the molecule is C[C@@H](N)c1ccc(OCc2ccc(F)c(Br)c2)c(F)c1. The fraction of sp³-hybridized carbons (Fsp3) is 0.200. The molecule has 0 aromatic heterocycles. The average molecular weight is 342 g/mol. The van der Waals surface area contributed by atoms with Crippen LogP contribution in [0.25, 0.3) is 0 Å². The predicted molar refractivity (Wildman–Crippen MR) is 77.4 cm³/mol. The first-order valence-electron chi connectivity index (χ1n) is 6.09. The molecule has 2 N–H and O–H groups in total. The van der Waals surface area contributed by atoms with Gasteiger partial charge in [-0.15, -0.1) is 0 Å². The lowest BCUT2D eigenvalue weighted by molar-refractivity contribution is 0.290. The molecule has 2 nitrogen and oxygen atoms in total. The van der Waals surface area contributed by atoms with E-state index in [2.05, 4.69) is 15.9 Å². The summed E-state index contributed by atoms with van der Waals surface area (Å²) in [5.74, 6) is -0.656. The summed E-state index contributed by atoms with van der Waals surface area (Å²) < 4.78 is 32.6. The maximum Gasteiger partial charge on any atom is 0.165 e. The number of halogens is 3. The molecule has 0 spiro atoms. The normalized spacial score (nSPS) is 12.2. The summed E-state index contributed by atoms with van der Waals surface area (Å²) in [7, 11) is 0. The minimum absolute atomic E-state index is 0.148. The van der Waals surface area contributed by atoms with Crippen LogP contribution in [0.15, 0.2) is 40.9 Å². The van der Waals surface area contributed by atoms with E-state index in [9.17, 15) is 8.78 Å². The van der Waals surface area contributed by atoms with Crippen molar-refractivity contribution < 1.29 is 13.5 Å². The fourth-order valence-corrected chi connectivity index (χ4v) is 2.13. The van der Waals surface area contributed by atoms with Gasteiger partial charge < -0.3 is 10.5 Å². The first-order valence-corrected chi connectivity index (χ1v) is 6.88. The van der Waals surface area contributed by atoms with Crippen LogP contribution < -0.4 is 10.5 Å². The minimum atomic E-state index is -0.457. The standard InChI is InChI=1S/C15H14BrF2NO/c1-9(19)11-3-5-15(14(18)7-11)20-8-10-2-4-13(17)12(16)6-10/h2-7,9H,8,19H2,1H3/t9-/m1/s1. The Morgan fingerprint density at radius 2 is 1.90 bits per heavy atom. The molecule has 0 aliphatic rings. The molecule has 0 aliphatic carbocycles. The van der Waals surface area contributed by atoms with Crippen LogP contribution in [0.3, 0.4) is 0 Å². The maximum absolute atomic E-state index is 13.8. The third kappa shape index (κ3) is 3.55. The van der Waals surface area contributed by atoms with Crippen molar-refractivity contribution in [2.45, 2.75) is 19.6 Å². The van der Waals surface area contributed by atoms with E-state index in [4.69, 9.17) is 10.5 Å². The van der Waals surface area contributed by atoms with Crippen molar-refractivity contribution in [1.29, 1.82) is 0 Å². The second kappa shape index (κ2) is 6.33. The summed E-state index contributed by atoms with van der Waals surface area (Å²) in [5.41, 5.74) is 7.13. The Hall–Kier alpha value is -1.46. The molecule has 0 saturated heterocycles. The highest BCUT2D eigenvalue weighted by molar-refractivity contribution is 9.10. The van der Waals surface area contributed by atoms with Gasteiger partial charge in [-0.2, -0.15) is 0 Å². The van der Waals surface area contributed by atoms with Gasteiger partial charge in [0.15, 0.2) is 11.6 Å². The van der Waals surface area contributed by atoms with Gasteiger partial charge >= 0.3 is 0 Å². The number of nitrogens with two attached hydrogens (primary N) is 1. The summed E-state index contributed by atoms with van der Waals surface area (Å²) in [6, 6.07) is 8.93. The van der Waals surface area contributed by atoms with Crippen LogP contribution in [0.5, 0.6) is 5.75 Å². The van der Waals surface area contributed by atoms with Gasteiger partial charge in [-0.3, -0.25) is 0 Å². The predicted octanol–water partition coefficient (Wildman–Crippen LogP) is 4.33. The molecule has 0 bridgehead atoms. The quantitative estimate of drug-likeness (QED) is 0.898.